The van der Waals surface area contributed by atoms with E-state index in [9.17, 15) is 0 Å². The Morgan fingerprint density at radius 2 is 1.90 bits per heavy atom. The van der Waals surface area contributed by atoms with Gasteiger partial charge in [0.2, 0.25) is 0 Å². The Morgan fingerprint density at radius 3 is 2.57 bits per heavy atom. The molecule has 1 N–H and O–H groups in total. The zero-order chi connectivity index (χ0) is 20.9. The van der Waals surface area contributed by atoms with Crippen LogP contribution in [0.3, 0.4) is 0 Å². The second kappa shape index (κ2) is 8.94. The molecule has 4 rings (SSSR count). The Kier molecular flexibility index (Phi) is 5.92. The molecule has 154 valence electrons. The molecular formula is C22H26N8. The highest BCUT2D eigenvalue weighted by atomic mass is 15.5. The van der Waals surface area contributed by atoms with E-state index in [2.05, 4.69) is 47.5 Å². The van der Waals surface area contributed by atoms with Gasteiger partial charge >= 0.3 is 0 Å². The molecule has 0 aliphatic rings. The second-order valence-corrected chi connectivity index (χ2v) is 7.44. The van der Waals surface area contributed by atoms with Crippen LogP contribution in [0.2, 0.25) is 0 Å². The molecule has 0 saturated carbocycles. The van der Waals surface area contributed by atoms with Gasteiger partial charge in [-0.3, -0.25) is 4.98 Å². The summed E-state index contributed by atoms with van der Waals surface area (Å²) < 4.78 is 2.00. The third-order valence-electron chi connectivity index (χ3n) is 5.27. The molecule has 30 heavy (non-hydrogen) atoms. The highest BCUT2D eigenvalue weighted by molar-refractivity contribution is 5.79. The normalized spacial score (nSPS) is 12.2. The van der Waals surface area contributed by atoms with Gasteiger partial charge in [-0.25, -0.2) is 14.8 Å². The van der Waals surface area contributed by atoms with Crippen LogP contribution in [0.5, 0.6) is 0 Å². The summed E-state index contributed by atoms with van der Waals surface area (Å²) in [5.74, 6) is 2.95. The molecule has 0 fully saturated rings. The summed E-state index contributed by atoms with van der Waals surface area (Å²) in [6.07, 6.45) is 4.88. The van der Waals surface area contributed by atoms with Gasteiger partial charge in [0.25, 0.3) is 0 Å². The van der Waals surface area contributed by atoms with Crippen molar-refractivity contribution in [2.45, 2.75) is 52.5 Å². The van der Waals surface area contributed by atoms with E-state index >= 15 is 0 Å². The van der Waals surface area contributed by atoms with E-state index in [0.717, 1.165) is 53.3 Å². The molecular weight excluding hydrogens is 376 g/mol. The van der Waals surface area contributed by atoms with Gasteiger partial charge in [0.1, 0.15) is 5.82 Å². The van der Waals surface area contributed by atoms with Crippen molar-refractivity contribution in [1.82, 2.24) is 40.4 Å². The molecule has 8 nitrogen and oxygen atoms in total. The fourth-order valence-corrected chi connectivity index (χ4v) is 3.37. The number of nitrogens with one attached hydrogen (secondary N) is 1. The molecule has 0 amide bonds. The lowest BCUT2D eigenvalue weighted by Gasteiger charge is -2.09. The number of tetrazole rings is 1. The standard InChI is InChI=1S/C22H26N8/c1-4-8-20-24-21(15(3)5-2)27-30(20)14-17-12-11-16(13-23-17)18-9-6-7-10-19(18)22-25-28-29-26-22/h6-7,9-13,15H,4-5,8,14H2,1-3H3,(H,25,26,28,29). The van der Waals surface area contributed by atoms with E-state index in [4.69, 9.17) is 15.1 Å². The van der Waals surface area contributed by atoms with Crippen LogP contribution in [-0.2, 0) is 13.0 Å². The van der Waals surface area contributed by atoms with Gasteiger partial charge in [0.05, 0.1) is 12.2 Å². The minimum Gasteiger partial charge on any atom is -0.259 e. The third-order valence-corrected chi connectivity index (χ3v) is 5.27. The molecule has 0 radical (unpaired) electrons. The maximum absolute atomic E-state index is 4.77. The number of H-pyrrole nitrogens is 1. The molecule has 8 heteroatoms. The minimum atomic E-state index is 0.360. The highest BCUT2D eigenvalue weighted by Crippen LogP contribution is 2.29. The van der Waals surface area contributed by atoms with Crippen LogP contribution < -0.4 is 0 Å². The Morgan fingerprint density at radius 1 is 1.07 bits per heavy atom. The lowest BCUT2D eigenvalue weighted by molar-refractivity contribution is 0.601. The summed E-state index contributed by atoms with van der Waals surface area (Å²) in [7, 11) is 0. The van der Waals surface area contributed by atoms with Crippen LogP contribution >= 0.6 is 0 Å². The van der Waals surface area contributed by atoms with Gasteiger partial charge in [0, 0.05) is 29.7 Å². The Balaban J connectivity index is 1.59. The molecule has 0 spiro atoms. The maximum Gasteiger partial charge on any atom is 0.180 e. The van der Waals surface area contributed by atoms with Gasteiger partial charge in [-0.05, 0) is 34.9 Å². The first-order valence-electron chi connectivity index (χ1n) is 10.4. The molecule has 4 aromatic rings. The lowest BCUT2D eigenvalue weighted by Crippen LogP contribution is -2.08. The van der Waals surface area contributed by atoms with E-state index < -0.39 is 0 Å². The minimum absolute atomic E-state index is 0.360. The summed E-state index contributed by atoms with van der Waals surface area (Å²) in [4.78, 5) is 9.47. The van der Waals surface area contributed by atoms with Crippen molar-refractivity contribution in [2.24, 2.45) is 0 Å². The first-order chi connectivity index (χ1) is 14.7. The van der Waals surface area contributed by atoms with Crippen LogP contribution in [0.1, 0.15) is 56.9 Å². The molecule has 1 unspecified atom stereocenters. The molecule has 0 aliphatic heterocycles. The molecule has 0 aliphatic carbocycles. The van der Waals surface area contributed by atoms with Crippen molar-refractivity contribution in [2.75, 3.05) is 0 Å². The van der Waals surface area contributed by atoms with Gasteiger partial charge in [-0.2, -0.15) is 5.10 Å². The predicted octanol–water partition coefficient (Wildman–Crippen LogP) is 4.03. The number of benzene rings is 1. The van der Waals surface area contributed by atoms with Gasteiger partial charge in [0.15, 0.2) is 11.6 Å². The van der Waals surface area contributed by atoms with Crippen LogP contribution in [0.4, 0.5) is 0 Å². The van der Waals surface area contributed by atoms with E-state index in [0.29, 0.717) is 18.3 Å². The van der Waals surface area contributed by atoms with Crippen molar-refractivity contribution in [1.29, 1.82) is 0 Å². The number of nitrogens with zero attached hydrogens (tertiary/aromatic N) is 7. The molecule has 1 aromatic carbocycles. The first-order valence-corrected chi connectivity index (χ1v) is 10.4. The van der Waals surface area contributed by atoms with E-state index in [-0.39, 0.29) is 0 Å². The number of aryl methyl sites for hydroxylation is 1. The summed E-state index contributed by atoms with van der Waals surface area (Å²) >= 11 is 0. The number of aromatic amines is 1. The number of hydrogen-bond donors (Lipinski definition) is 1. The summed E-state index contributed by atoms with van der Waals surface area (Å²) in [5, 5.41) is 19.0. The van der Waals surface area contributed by atoms with E-state index in [1.54, 1.807) is 0 Å². The quantitative estimate of drug-likeness (QED) is 0.478. The molecule has 1 atom stereocenters. The fraction of sp³-hybridized carbons (Fsp3) is 0.364. The van der Waals surface area contributed by atoms with Crippen LogP contribution in [0, 0.1) is 0 Å². The van der Waals surface area contributed by atoms with Gasteiger partial charge < -0.3 is 0 Å². The topological polar surface area (TPSA) is 98.1 Å². The Hall–Kier alpha value is -3.42. The van der Waals surface area contributed by atoms with Crippen molar-refractivity contribution in [3.05, 3.63) is 59.9 Å². The van der Waals surface area contributed by atoms with Crippen molar-refractivity contribution in [3.8, 4) is 22.5 Å². The number of aromatic nitrogens is 8. The second-order valence-electron chi connectivity index (χ2n) is 7.44. The van der Waals surface area contributed by atoms with E-state index in [1.165, 1.54) is 0 Å². The first kappa shape index (κ1) is 19.9. The third kappa shape index (κ3) is 4.12. The van der Waals surface area contributed by atoms with Crippen LogP contribution in [0.25, 0.3) is 22.5 Å². The highest BCUT2D eigenvalue weighted by Gasteiger charge is 2.15. The van der Waals surface area contributed by atoms with Gasteiger partial charge in [-0.1, -0.05) is 51.1 Å². The molecule has 0 saturated heterocycles. The SMILES string of the molecule is CCCc1nc(C(C)CC)nn1Cc1ccc(-c2ccccc2-c2nnn[nH]2)cn1. The largest absolute Gasteiger partial charge is 0.259 e. The fourth-order valence-electron chi connectivity index (χ4n) is 3.37. The summed E-state index contributed by atoms with van der Waals surface area (Å²) in [5.41, 5.74) is 3.94. The van der Waals surface area contributed by atoms with Crippen molar-refractivity contribution in [3.63, 3.8) is 0 Å². The molecule has 3 aromatic heterocycles. The number of hydrogen-bond acceptors (Lipinski definition) is 6. The van der Waals surface area contributed by atoms with Crippen LogP contribution in [-0.4, -0.2) is 40.4 Å². The molecule has 0 bridgehead atoms. The molecule has 3 heterocycles. The smallest absolute Gasteiger partial charge is 0.180 e. The zero-order valence-electron chi connectivity index (χ0n) is 17.6. The van der Waals surface area contributed by atoms with E-state index in [1.807, 2.05) is 41.2 Å². The average molecular weight is 403 g/mol. The summed E-state index contributed by atoms with van der Waals surface area (Å²) in [6.45, 7) is 7.12. The Bertz CT molecular complexity index is 1080. The maximum atomic E-state index is 4.77. The summed E-state index contributed by atoms with van der Waals surface area (Å²) in [6, 6.07) is 12.1. The predicted molar refractivity (Wildman–Crippen MR) is 115 cm³/mol. The average Bonchev–Trinajstić information content (AvgIpc) is 3.45. The number of pyridine rings is 1. The van der Waals surface area contributed by atoms with Crippen LogP contribution in [0.15, 0.2) is 42.6 Å². The number of rotatable bonds is 8. The monoisotopic (exact) mass is 402 g/mol. The van der Waals surface area contributed by atoms with Crippen molar-refractivity contribution >= 4 is 0 Å². The zero-order valence-corrected chi connectivity index (χ0v) is 17.6. The Labute approximate surface area is 175 Å². The van der Waals surface area contributed by atoms with Crippen molar-refractivity contribution < 1.29 is 0 Å². The van der Waals surface area contributed by atoms with Gasteiger partial charge in [-0.15, -0.1) is 5.10 Å². The lowest BCUT2D eigenvalue weighted by atomic mass is 10.0.